The predicted octanol–water partition coefficient (Wildman–Crippen LogP) is 2.60. The van der Waals surface area contributed by atoms with E-state index < -0.39 is 0 Å². The number of nitrogens with one attached hydrogen (secondary N) is 1. The molecule has 0 spiro atoms. The Balaban J connectivity index is 0.00000200. The maximum Gasteiger partial charge on any atom is 0.161 e. The Morgan fingerprint density at radius 3 is 2.24 bits per heavy atom. The molecule has 1 saturated heterocycles. The summed E-state index contributed by atoms with van der Waals surface area (Å²) in [5, 5.41) is 3.37. The fourth-order valence-electron chi connectivity index (χ4n) is 2.28. The summed E-state index contributed by atoms with van der Waals surface area (Å²) < 4.78 is 11.5. The van der Waals surface area contributed by atoms with E-state index in [0.717, 1.165) is 37.7 Å². The molecule has 1 aliphatic rings. The van der Waals surface area contributed by atoms with Gasteiger partial charge in [-0.25, -0.2) is 0 Å². The van der Waals surface area contributed by atoms with E-state index in [2.05, 4.69) is 17.1 Å². The van der Waals surface area contributed by atoms with Crippen molar-refractivity contribution in [2.24, 2.45) is 0 Å². The number of ether oxygens (including phenoxy) is 2. The highest BCUT2D eigenvalue weighted by molar-refractivity contribution is 5.85. The van der Waals surface area contributed by atoms with Gasteiger partial charge in [0, 0.05) is 32.2 Å². The van der Waals surface area contributed by atoms with E-state index in [1.807, 2.05) is 31.2 Å². The summed E-state index contributed by atoms with van der Waals surface area (Å²) >= 11 is 0. The van der Waals surface area contributed by atoms with Gasteiger partial charge in [-0.15, -0.1) is 24.8 Å². The molecule has 1 aromatic carbocycles. The lowest BCUT2D eigenvalue weighted by Crippen LogP contribution is -2.49. The quantitative estimate of drug-likeness (QED) is 0.865. The van der Waals surface area contributed by atoms with E-state index in [-0.39, 0.29) is 24.8 Å². The zero-order valence-corrected chi connectivity index (χ0v) is 14.3. The minimum absolute atomic E-state index is 0. The molecule has 1 N–H and O–H groups in total. The molecular formula is C15H26Cl2N2O2. The van der Waals surface area contributed by atoms with Crippen molar-refractivity contribution in [2.75, 3.05) is 39.4 Å². The second kappa shape index (κ2) is 11.0. The number of piperazine rings is 1. The summed E-state index contributed by atoms with van der Waals surface area (Å²) in [5.74, 6) is 1.67. The van der Waals surface area contributed by atoms with Gasteiger partial charge >= 0.3 is 0 Å². The van der Waals surface area contributed by atoms with Gasteiger partial charge in [0.15, 0.2) is 11.5 Å². The zero-order chi connectivity index (χ0) is 13.5. The maximum atomic E-state index is 5.92. The lowest BCUT2D eigenvalue weighted by Gasteiger charge is -2.32. The van der Waals surface area contributed by atoms with Crippen molar-refractivity contribution < 1.29 is 9.47 Å². The first-order valence-electron chi connectivity index (χ1n) is 7.10. The second-order valence-electron chi connectivity index (χ2n) is 4.83. The van der Waals surface area contributed by atoms with Crippen molar-refractivity contribution in [1.82, 2.24) is 10.2 Å². The zero-order valence-electron chi connectivity index (χ0n) is 12.7. The van der Waals surface area contributed by atoms with Crippen LogP contribution in [0.4, 0.5) is 0 Å². The molecule has 2 rings (SSSR count). The number of benzene rings is 1. The molecule has 1 aromatic rings. The second-order valence-corrected chi connectivity index (χ2v) is 4.83. The summed E-state index contributed by atoms with van der Waals surface area (Å²) in [6.07, 6.45) is 0. The van der Waals surface area contributed by atoms with E-state index in [0.29, 0.717) is 19.3 Å². The molecule has 21 heavy (non-hydrogen) atoms. The van der Waals surface area contributed by atoms with Gasteiger partial charge in [0.2, 0.25) is 0 Å². The minimum Gasteiger partial charge on any atom is -0.490 e. The average molecular weight is 337 g/mol. The molecule has 0 bridgehead atoms. The molecule has 122 valence electrons. The third-order valence-electron chi connectivity index (χ3n) is 3.40. The van der Waals surface area contributed by atoms with Crippen LogP contribution in [0.15, 0.2) is 24.3 Å². The van der Waals surface area contributed by atoms with Gasteiger partial charge in [-0.3, -0.25) is 4.90 Å². The molecule has 4 nitrogen and oxygen atoms in total. The van der Waals surface area contributed by atoms with Crippen LogP contribution >= 0.6 is 24.8 Å². The van der Waals surface area contributed by atoms with Crippen molar-refractivity contribution >= 4 is 24.8 Å². The molecule has 1 aliphatic heterocycles. The van der Waals surface area contributed by atoms with Crippen LogP contribution in [-0.4, -0.2) is 50.3 Å². The van der Waals surface area contributed by atoms with Crippen LogP contribution in [0.2, 0.25) is 0 Å². The summed E-state index contributed by atoms with van der Waals surface area (Å²) in [5.41, 5.74) is 0. The van der Waals surface area contributed by atoms with Gasteiger partial charge in [0.25, 0.3) is 0 Å². The summed E-state index contributed by atoms with van der Waals surface area (Å²) in [4.78, 5) is 2.46. The monoisotopic (exact) mass is 336 g/mol. The highest BCUT2D eigenvalue weighted by Gasteiger charge is 2.17. The van der Waals surface area contributed by atoms with E-state index >= 15 is 0 Å². The number of halogens is 2. The van der Waals surface area contributed by atoms with Crippen molar-refractivity contribution in [3.8, 4) is 11.5 Å². The standard InChI is InChI=1S/C15H24N2O2.2ClH/c1-3-18-14-6-4-5-7-15(14)19-12-13(2)17-10-8-16-9-11-17;;/h4-7,13,16H,3,8-12H2,1-2H3;2*1H. The van der Waals surface area contributed by atoms with Crippen molar-refractivity contribution in [3.05, 3.63) is 24.3 Å². The van der Waals surface area contributed by atoms with Crippen molar-refractivity contribution in [1.29, 1.82) is 0 Å². The van der Waals surface area contributed by atoms with E-state index in [4.69, 9.17) is 9.47 Å². The molecule has 0 aromatic heterocycles. The fraction of sp³-hybridized carbons (Fsp3) is 0.600. The van der Waals surface area contributed by atoms with Gasteiger partial charge in [-0.1, -0.05) is 12.1 Å². The molecule has 0 amide bonds. The van der Waals surface area contributed by atoms with E-state index in [1.54, 1.807) is 0 Å². The third-order valence-corrected chi connectivity index (χ3v) is 3.40. The Labute approximate surface area is 140 Å². The minimum atomic E-state index is 0. The van der Waals surface area contributed by atoms with Gasteiger partial charge in [-0.05, 0) is 26.0 Å². The molecule has 0 saturated carbocycles. The predicted molar refractivity (Wildman–Crippen MR) is 91.5 cm³/mol. The van der Waals surface area contributed by atoms with Crippen molar-refractivity contribution in [2.45, 2.75) is 19.9 Å². The first-order valence-corrected chi connectivity index (χ1v) is 7.10. The van der Waals surface area contributed by atoms with Crippen LogP contribution in [0.5, 0.6) is 11.5 Å². The molecule has 1 fully saturated rings. The molecule has 0 radical (unpaired) electrons. The average Bonchev–Trinajstić information content (AvgIpc) is 2.47. The summed E-state index contributed by atoms with van der Waals surface area (Å²) in [7, 11) is 0. The molecular weight excluding hydrogens is 311 g/mol. The lowest BCUT2D eigenvalue weighted by atomic mass is 10.2. The Kier molecular flexibility index (Phi) is 10.6. The van der Waals surface area contributed by atoms with Gasteiger partial charge in [0.1, 0.15) is 6.61 Å². The lowest BCUT2D eigenvalue weighted by molar-refractivity contribution is 0.129. The molecule has 6 heteroatoms. The topological polar surface area (TPSA) is 33.7 Å². The molecule has 0 aliphatic carbocycles. The highest BCUT2D eigenvalue weighted by atomic mass is 35.5. The summed E-state index contributed by atoms with van der Waals surface area (Å²) in [6.45, 7) is 9.89. The van der Waals surface area contributed by atoms with Crippen LogP contribution < -0.4 is 14.8 Å². The Morgan fingerprint density at radius 2 is 1.67 bits per heavy atom. The Hall–Kier alpha value is -0.680. The highest BCUT2D eigenvalue weighted by Crippen LogP contribution is 2.26. The number of hydrogen-bond acceptors (Lipinski definition) is 4. The molecule has 1 atom stereocenters. The van der Waals surface area contributed by atoms with Crippen LogP contribution in [0.1, 0.15) is 13.8 Å². The number of para-hydroxylation sites is 2. The van der Waals surface area contributed by atoms with Gasteiger partial charge in [-0.2, -0.15) is 0 Å². The SMILES string of the molecule is CCOc1ccccc1OCC(C)N1CCNCC1.Cl.Cl. The van der Waals surface area contributed by atoms with Crippen LogP contribution in [0.25, 0.3) is 0 Å². The number of hydrogen-bond donors (Lipinski definition) is 1. The van der Waals surface area contributed by atoms with Gasteiger partial charge < -0.3 is 14.8 Å². The normalized spacial score (nSPS) is 16.3. The van der Waals surface area contributed by atoms with Crippen molar-refractivity contribution in [3.63, 3.8) is 0 Å². The first-order chi connectivity index (χ1) is 9.31. The Morgan fingerprint density at radius 1 is 1.10 bits per heavy atom. The first kappa shape index (κ1) is 20.3. The third kappa shape index (κ3) is 6.30. The largest absolute Gasteiger partial charge is 0.490 e. The molecule has 1 unspecified atom stereocenters. The number of rotatable bonds is 6. The Bertz CT molecular complexity index is 388. The van der Waals surface area contributed by atoms with E-state index in [1.165, 1.54) is 0 Å². The van der Waals surface area contributed by atoms with Crippen LogP contribution in [0, 0.1) is 0 Å². The summed E-state index contributed by atoms with van der Waals surface area (Å²) in [6, 6.07) is 8.30. The maximum absolute atomic E-state index is 5.92. The molecule has 1 heterocycles. The fourth-order valence-corrected chi connectivity index (χ4v) is 2.28. The van der Waals surface area contributed by atoms with E-state index in [9.17, 15) is 0 Å². The van der Waals surface area contributed by atoms with Crippen LogP contribution in [-0.2, 0) is 0 Å². The number of nitrogens with zero attached hydrogens (tertiary/aromatic N) is 1. The smallest absolute Gasteiger partial charge is 0.161 e. The van der Waals surface area contributed by atoms with Gasteiger partial charge in [0.05, 0.1) is 6.61 Å². The van der Waals surface area contributed by atoms with Crippen LogP contribution in [0.3, 0.4) is 0 Å².